The van der Waals surface area contributed by atoms with Gasteiger partial charge in [-0.15, -0.1) is 0 Å². The average Bonchev–Trinajstić information content (AvgIpc) is 2.13. The van der Waals surface area contributed by atoms with Gasteiger partial charge in [0, 0.05) is 6.04 Å². The van der Waals surface area contributed by atoms with Gasteiger partial charge < -0.3 is 15.1 Å². The van der Waals surface area contributed by atoms with Gasteiger partial charge >= 0.3 is 0 Å². The highest BCUT2D eigenvalue weighted by molar-refractivity contribution is 4.64. The summed E-state index contributed by atoms with van der Waals surface area (Å²) in [6.45, 7) is 5.79. The highest BCUT2D eigenvalue weighted by Crippen LogP contribution is 2.01. The molecule has 0 aromatic carbocycles. The fourth-order valence-electron chi connectivity index (χ4n) is 1.43. The zero-order valence-electron chi connectivity index (χ0n) is 10.5. The van der Waals surface area contributed by atoms with Gasteiger partial charge in [-0.3, -0.25) is 0 Å². The third-order valence-corrected chi connectivity index (χ3v) is 2.68. The molecule has 0 aliphatic heterocycles. The summed E-state index contributed by atoms with van der Waals surface area (Å²) in [7, 11) is 8.49. The summed E-state index contributed by atoms with van der Waals surface area (Å²) >= 11 is 0. The lowest BCUT2D eigenvalue weighted by molar-refractivity contribution is 0.232. The van der Waals surface area contributed by atoms with Crippen molar-refractivity contribution in [3.8, 4) is 0 Å². The highest BCUT2D eigenvalue weighted by Gasteiger charge is 2.07. The third kappa shape index (κ3) is 7.30. The van der Waals surface area contributed by atoms with Crippen LogP contribution < -0.4 is 5.32 Å². The molecule has 14 heavy (non-hydrogen) atoms. The highest BCUT2D eigenvalue weighted by atomic mass is 15.1. The van der Waals surface area contributed by atoms with Crippen LogP contribution in [0.3, 0.4) is 0 Å². The molecule has 0 spiro atoms. The van der Waals surface area contributed by atoms with E-state index >= 15 is 0 Å². The molecule has 0 aromatic rings. The summed E-state index contributed by atoms with van der Waals surface area (Å²) in [5, 5.41) is 3.19. The minimum atomic E-state index is 0.685. The van der Waals surface area contributed by atoms with E-state index in [2.05, 4.69) is 43.2 Å². The van der Waals surface area contributed by atoms with Crippen LogP contribution in [0.4, 0.5) is 0 Å². The van der Waals surface area contributed by atoms with E-state index < -0.39 is 0 Å². The van der Waals surface area contributed by atoms with E-state index in [1.807, 2.05) is 7.05 Å². The first kappa shape index (κ1) is 13.9. The lowest BCUT2D eigenvalue weighted by Crippen LogP contribution is -2.33. The predicted molar refractivity (Wildman–Crippen MR) is 63.8 cm³/mol. The molecule has 0 saturated carbocycles. The van der Waals surface area contributed by atoms with Crippen LogP contribution in [0.2, 0.25) is 0 Å². The average molecular weight is 201 g/mol. The Labute approximate surface area is 89.5 Å². The van der Waals surface area contributed by atoms with Crippen LogP contribution in [0.15, 0.2) is 0 Å². The van der Waals surface area contributed by atoms with E-state index in [9.17, 15) is 0 Å². The predicted octanol–water partition coefficient (Wildman–Crippen LogP) is 0.868. The lowest BCUT2D eigenvalue weighted by atomic mass is 10.2. The molecule has 1 N–H and O–H groups in total. The quantitative estimate of drug-likeness (QED) is 0.628. The van der Waals surface area contributed by atoms with Crippen molar-refractivity contribution in [3.05, 3.63) is 0 Å². The van der Waals surface area contributed by atoms with Gasteiger partial charge in [0.15, 0.2) is 0 Å². The Kier molecular flexibility index (Phi) is 8.14. The molecule has 3 nitrogen and oxygen atoms in total. The first-order valence-corrected chi connectivity index (χ1v) is 5.57. The molecule has 0 rings (SSSR count). The van der Waals surface area contributed by atoms with Gasteiger partial charge in [-0.25, -0.2) is 0 Å². The molecule has 0 aliphatic carbocycles. The molecular weight excluding hydrogens is 174 g/mol. The van der Waals surface area contributed by atoms with Gasteiger partial charge in [0.25, 0.3) is 0 Å². The maximum Gasteiger partial charge on any atom is 0.00759 e. The molecule has 0 aromatic heterocycles. The molecule has 1 unspecified atom stereocenters. The number of rotatable bonds is 8. The van der Waals surface area contributed by atoms with E-state index in [1.54, 1.807) is 0 Å². The normalized spacial score (nSPS) is 13.9. The van der Waals surface area contributed by atoms with E-state index in [-0.39, 0.29) is 0 Å². The molecule has 86 valence electrons. The fraction of sp³-hybridized carbons (Fsp3) is 1.00. The monoisotopic (exact) mass is 201 g/mol. The second-order valence-electron chi connectivity index (χ2n) is 4.38. The molecule has 0 aliphatic rings. The topological polar surface area (TPSA) is 18.5 Å². The van der Waals surface area contributed by atoms with Gasteiger partial charge in [-0.05, 0) is 67.6 Å². The fourth-order valence-corrected chi connectivity index (χ4v) is 1.43. The van der Waals surface area contributed by atoms with Crippen LogP contribution in [0.25, 0.3) is 0 Å². The second kappa shape index (κ2) is 8.21. The van der Waals surface area contributed by atoms with Crippen molar-refractivity contribution in [2.24, 2.45) is 0 Å². The van der Waals surface area contributed by atoms with Crippen LogP contribution in [-0.4, -0.2) is 63.7 Å². The zero-order valence-corrected chi connectivity index (χ0v) is 10.5. The third-order valence-electron chi connectivity index (χ3n) is 2.68. The summed E-state index contributed by atoms with van der Waals surface area (Å²) in [5.74, 6) is 0. The van der Waals surface area contributed by atoms with Crippen LogP contribution >= 0.6 is 0 Å². The molecule has 1 atom stereocenters. The Hall–Kier alpha value is -0.120. The molecule has 3 heteroatoms. The SMILES string of the molecule is CNCCC(C)N(C)CCCN(C)C. The standard InChI is InChI=1S/C11H27N3/c1-11(7-8-12-2)14(5)10-6-9-13(3)4/h11-12H,6-10H2,1-5H3. The minimum Gasteiger partial charge on any atom is -0.320 e. The summed E-state index contributed by atoms with van der Waals surface area (Å²) in [6.07, 6.45) is 2.49. The maximum atomic E-state index is 3.19. The molecule has 0 bridgehead atoms. The van der Waals surface area contributed by atoms with Crippen molar-refractivity contribution in [1.82, 2.24) is 15.1 Å². The summed E-state index contributed by atoms with van der Waals surface area (Å²) < 4.78 is 0. The number of hydrogen-bond donors (Lipinski definition) is 1. The Morgan fingerprint density at radius 1 is 1.14 bits per heavy atom. The van der Waals surface area contributed by atoms with Gasteiger partial charge in [-0.1, -0.05) is 0 Å². The Morgan fingerprint density at radius 2 is 1.79 bits per heavy atom. The number of nitrogens with zero attached hydrogens (tertiary/aromatic N) is 2. The summed E-state index contributed by atoms with van der Waals surface area (Å²) in [6, 6.07) is 0.685. The molecule has 0 radical (unpaired) electrons. The van der Waals surface area contributed by atoms with E-state index in [4.69, 9.17) is 0 Å². The van der Waals surface area contributed by atoms with Gasteiger partial charge in [0.1, 0.15) is 0 Å². The molecule has 0 saturated heterocycles. The molecule has 0 amide bonds. The number of hydrogen-bond acceptors (Lipinski definition) is 3. The largest absolute Gasteiger partial charge is 0.320 e. The van der Waals surface area contributed by atoms with Crippen molar-refractivity contribution < 1.29 is 0 Å². The van der Waals surface area contributed by atoms with Crippen molar-refractivity contribution in [2.75, 3.05) is 47.8 Å². The van der Waals surface area contributed by atoms with Crippen molar-refractivity contribution in [3.63, 3.8) is 0 Å². The maximum absolute atomic E-state index is 3.19. The van der Waals surface area contributed by atoms with Crippen LogP contribution in [0.5, 0.6) is 0 Å². The lowest BCUT2D eigenvalue weighted by Gasteiger charge is -2.25. The summed E-state index contributed by atoms with van der Waals surface area (Å²) in [4.78, 5) is 4.69. The first-order valence-electron chi connectivity index (χ1n) is 5.57. The van der Waals surface area contributed by atoms with Crippen molar-refractivity contribution >= 4 is 0 Å². The molecule has 0 fully saturated rings. The van der Waals surface area contributed by atoms with Crippen LogP contribution in [0.1, 0.15) is 19.8 Å². The van der Waals surface area contributed by atoms with E-state index in [1.165, 1.54) is 25.9 Å². The van der Waals surface area contributed by atoms with Gasteiger partial charge in [0.05, 0.1) is 0 Å². The molecular formula is C11H27N3. The van der Waals surface area contributed by atoms with Crippen LogP contribution in [0, 0.1) is 0 Å². The first-order chi connectivity index (χ1) is 6.57. The van der Waals surface area contributed by atoms with E-state index in [0.29, 0.717) is 6.04 Å². The van der Waals surface area contributed by atoms with Crippen molar-refractivity contribution in [2.45, 2.75) is 25.8 Å². The summed E-state index contributed by atoms with van der Waals surface area (Å²) in [5.41, 5.74) is 0. The molecule has 0 heterocycles. The zero-order chi connectivity index (χ0) is 11.0. The minimum absolute atomic E-state index is 0.685. The van der Waals surface area contributed by atoms with Crippen LogP contribution in [-0.2, 0) is 0 Å². The Balaban J connectivity index is 3.46. The Morgan fingerprint density at radius 3 is 2.29 bits per heavy atom. The second-order valence-corrected chi connectivity index (χ2v) is 4.38. The van der Waals surface area contributed by atoms with Gasteiger partial charge in [-0.2, -0.15) is 0 Å². The van der Waals surface area contributed by atoms with E-state index in [0.717, 1.165) is 6.54 Å². The smallest absolute Gasteiger partial charge is 0.00759 e. The Bertz CT molecular complexity index is 126. The van der Waals surface area contributed by atoms with Crippen molar-refractivity contribution in [1.29, 1.82) is 0 Å². The van der Waals surface area contributed by atoms with Gasteiger partial charge in [0.2, 0.25) is 0 Å². The number of nitrogens with one attached hydrogen (secondary N) is 1.